The van der Waals surface area contributed by atoms with Crippen LogP contribution in [0.25, 0.3) is 12.2 Å². The number of carbonyl (C=O) groups excluding carboxylic acids is 1. The average Bonchev–Trinajstić information content (AvgIpc) is 2.24. The second-order valence-corrected chi connectivity index (χ2v) is 2.95. The van der Waals surface area contributed by atoms with Gasteiger partial charge in [-0.25, -0.2) is 0 Å². The number of carbonyl (C=O) groups is 1. The van der Waals surface area contributed by atoms with Crippen molar-refractivity contribution in [2.75, 3.05) is 6.61 Å². The summed E-state index contributed by atoms with van der Waals surface area (Å²) in [4.78, 5) is 10.6. The van der Waals surface area contributed by atoms with E-state index in [1.54, 1.807) is 18.2 Å². The third kappa shape index (κ3) is 3.79. The Morgan fingerprint density at radius 3 is 2.40 bits per heavy atom. The first-order chi connectivity index (χ1) is 7.24. The van der Waals surface area contributed by atoms with E-state index in [-0.39, 0.29) is 6.61 Å². The Morgan fingerprint density at radius 1 is 1.27 bits per heavy atom. The average molecular weight is 203 g/mol. The molecule has 3 nitrogen and oxygen atoms in total. The summed E-state index contributed by atoms with van der Waals surface area (Å²) in [6.45, 7) is -0.00608. The minimum Gasteiger partial charge on any atom is -0.392 e. The van der Waals surface area contributed by atoms with Crippen molar-refractivity contribution in [3.8, 4) is 0 Å². The highest BCUT2D eigenvalue weighted by molar-refractivity contribution is 5.90. The molecule has 3 heteroatoms. The van der Waals surface area contributed by atoms with Crippen molar-refractivity contribution in [2.24, 2.45) is 5.73 Å². The third-order valence-electron chi connectivity index (χ3n) is 1.83. The molecule has 0 atom stereocenters. The molecule has 1 amide bonds. The molecule has 0 radical (unpaired) electrons. The fraction of sp³-hybridized carbons (Fsp3) is 0.0833. The largest absolute Gasteiger partial charge is 0.392 e. The van der Waals surface area contributed by atoms with Gasteiger partial charge in [0.25, 0.3) is 0 Å². The molecular weight excluding hydrogens is 190 g/mol. The van der Waals surface area contributed by atoms with Crippen LogP contribution in [-0.4, -0.2) is 17.6 Å². The lowest BCUT2D eigenvalue weighted by Gasteiger charge is -1.99. The Balaban J connectivity index is 2.96. The maximum absolute atomic E-state index is 10.6. The highest BCUT2D eigenvalue weighted by atomic mass is 16.2. The van der Waals surface area contributed by atoms with Gasteiger partial charge in [0.1, 0.15) is 0 Å². The number of benzene rings is 1. The SMILES string of the molecule is NC(=O)/C=C/c1ccccc1/C=C/CO. The summed E-state index contributed by atoms with van der Waals surface area (Å²) in [7, 11) is 0. The molecule has 0 saturated heterocycles. The molecule has 0 aliphatic rings. The number of rotatable bonds is 4. The molecule has 0 spiro atoms. The van der Waals surface area contributed by atoms with Crippen molar-refractivity contribution in [3.05, 3.63) is 47.5 Å². The minimum absolute atomic E-state index is 0.00608. The molecule has 0 fully saturated rings. The number of primary amides is 1. The molecule has 0 bridgehead atoms. The molecule has 1 aromatic rings. The molecule has 0 aliphatic heterocycles. The van der Waals surface area contributed by atoms with E-state index in [9.17, 15) is 4.79 Å². The Morgan fingerprint density at radius 2 is 1.87 bits per heavy atom. The quantitative estimate of drug-likeness (QED) is 0.722. The van der Waals surface area contributed by atoms with Crippen molar-refractivity contribution in [2.45, 2.75) is 0 Å². The van der Waals surface area contributed by atoms with Crippen molar-refractivity contribution in [3.63, 3.8) is 0 Å². The maximum atomic E-state index is 10.6. The highest BCUT2D eigenvalue weighted by Gasteiger charge is 1.94. The van der Waals surface area contributed by atoms with E-state index in [1.165, 1.54) is 6.08 Å². The summed E-state index contributed by atoms with van der Waals surface area (Å²) < 4.78 is 0. The Labute approximate surface area is 88.5 Å². The van der Waals surface area contributed by atoms with E-state index >= 15 is 0 Å². The van der Waals surface area contributed by atoms with Crippen LogP contribution in [0, 0.1) is 0 Å². The van der Waals surface area contributed by atoms with Crippen LogP contribution < -0.4 is 5.73 Å². The Hall–Kier alpha value is -1.87. The molecule has 1 aromatic carbocycles. The zero-order valence-electron chi connectivity index (χ0n) is 8.26. The number of hydrogen-bond acceptors (Lipinski definition) is 2. The Bertz CT molecular complexity index is 394. The zero-order valence-corrected chi connectivity index (χ0v) is 8.26. The van der Waals surface area contributed by atoms with Gasteiger partial charge in [-0.05, 0) is 17.2 Å². The molecule has 0 aliphatic carbocycles. The van der Waals surface area contributed by atoms with E-state index in [0.29, 0.717) is 0 Å². The van der Waals surface area contributed by atoms with Crippen LogP contribution in [-0.2, 0) is 4.79 Å². The summed E-state index contributed by atoms with van der Waals surface area (Å²) in [6, 6.07) is 7.53. The molecule has 3 N–H and O–H groups in total. The van der Waals surface area contributed by atoms with Crippen LogP contribution >= 0.6 is 0 Å². The molecule has 0 aromatic heterocycles. The predicted molar refractivity (Wildman–Crippen MR) is 60.8 cm³/mol. The number of amides is 1. The topological polar surface area (TPSA) is 63.3 Å². The van der Waals surface area contributed by atoms with Gasteiger partial charge in [0.2, 0.25) is 5.91 Å². The number of nitrogens with two attached hydrogens (primary N) is 1. The lowest BCUT2D eigenvalue weighted by molar-refractivity contribution is -0.113. The molecule has 0 saturated carbocycles. The molecule has 78 valence electrons. The first-order valence-electron chi connectivity index (χ1n) is 4.58. The minimum atomic E-state index is -0.476. The van der Waals surface area contributed by atoms with Crippen LogP contribution in [0.5, 0.6) is 0 Å². The van der Waals surface area contributed by atoms with Gasteiger partial charge >= 0.3 is 0 Å². The summed E-state index contributed by atoms with van der Waals surface area (Å²) in [5.41, 5.74) is 6.83. The van der Waals surface area contributed by atoms with E-state index in [2.05, 4.69) is 0 Å². The van der Waals surface area contributed by atoms with Gasteiger partial charge in [0.15, 0.2) is 0 Å². The monoisotopic (exact) mass is 203 g/mol. The Kier molecular flexibility index (Phi) is 4.31. The lowest BCUT2D eigenvalue weighted by atomic mass is 10.1. The molecular formula is C12H13NO2. The fourth-order valence-electron chi connectivity index (χ4n) is 1.17. The van der Waals surface area contributed by atoms with E-state index in [0.717, 1.165) is 11.1 Å². The first-order valence-corrected chi connectivity index (χ1v) is 4.58. The van der Waals surface area contributed by atoms with Crippen molar-refractivity contribution in [1.29, 1.82) is 0 Å². The maximum Gasteiger partial charge on any atom is 0.241 e. The van der Waals surface area contributed by atoms with E-state index in [4.69, 9.17) is 10.8 Å². The van der Waals surface area contributed by atoms with Crippen molar-refractivity contribution in [1.82, 2.24) is 0 Å². The smallest absolute Gasteiger partial charge is 0.241 e. The lowest BCUT2D eigenvalue weighted by Crippen LogP contribution is -2.05. The molecule has 1 rings (SSSR count). The first kappa shape index (κ1) is 11.2. The van der Waals surface area contributed by atoms with Crippen LogP contribution in [0.15, 0.2) is 36.4 Å². The number of aliphatic hydroxyl groups excluding tert-OH is 1. The number of aliphatic hydroxyl groups is 1. The fourth-order valence-corrected chi connectivity index (χ4v) is 1.17. The van der Waals surface area contributed by atoms with Gasteiger partial charge < -0.3 is 10.8 Å². The molecule has 0 unspecified atom stereocenters. The van der Waals surface area contributed by atoms with Crippen LogP contribution in [0.4, 0.5) is 0 Å². The molecule has 15 heavy (non-hydrogen) atoms. The summed E-state index contributed by atoms with van der Waals surface area (Å²) in [5.74, 6) is -0.476. The van der Waals surface area contributed by atoms with Crippen LogP contribution in [0.1, 0.15) is 11.1 Å². The van der Waals surface area contributed by atoms with Crippen LogP contribution in [0.3, 0.4) is 0 Å². The van der Waals surface area contributed by atoms with E-state index < -0.39 is 5.91 Å². The van der Waals surface area contributed by atoms with Crippen molar-refractivity contribution < 1.29 is 9.90 Å². The van der Waals surface area contributed by atoms with Crippen molar-refractivity contribution >= 4 is 18.1 Å². The summed E-state index contributed by atoms with van der Waals surface area (Å²) in [6.07, 6.45) is 6.39. The van der Waals surface area contributed by atoms with Gasteiger partial charge in [-0.3, -0.25) is 4.79 Å². The van der Waals surface area contributed by atoms with Gasteiger partial charge in [-0.2, -0.15) is 0 Å². The van der Waals surface area contributed by atoms with E-state index in [1.807, 2.05) is 24.3 Å². The second kappa shape index (κ2) is 5.78. The zero-order chi connectivity index (χ0) is 11.1. The van der Waals surface area contributed by atoms with Gasteiger partial charge in [0, 0.05) is 6.08 Å². The molecule has 0 heterocycles. The summed E-state index contributed by atoms with van der Waals surface area (Å²) in [5, 5.41) is 8.66. The van der Waals surface area contributed by atoms with Gasteiger partial charge in [0.05, 0.1) is 6.61 Å². The predicted octanol–water partition coefficient (Wildman–Crippen LogP) is 1.19. The van der Waals surface area contributed by atoms with Gasteiger partial charge in [-0.1, -0.05) is 36.4 Å². The van der Waals surface area contributed by atoms with Crippen LogP contribution in [0.2, 0.25) is 0 Å². The normalized spacial score (nSPS) is 11.3. The highest BCUT2D eigenvalue weighted by Crippen LogP contribution is 2.12. The third-order valence-corrected chi connectivity index (χ3v) is 1.83. The summed E-state index contributed by atoms with van der Waals surface area (Å²) >= 11 is 0. The standard InChI is InChI=1S/C12H13NO2/c13-12(15)8-7-11-5-2-1-4-10(11)6-3-9-14/h1-8,14H,9H2,(H2,13,15)/b6-3+,8-7+. The number of hydrogen-bond donors (Lipinski definition) is 2. The van der Waals surface area contributed by atoms with Gasteiger partial charge in [-0.15, -0.1) is 0 Å². The second-order valence-electron chi connectivity index (χ2n) is 2.95.